The van der Waals surface area contributed by atoms with Gasteiger partial charge in [0.1, 0.15) is 0 Å². The van der Waals surface area contributed by atoms with Gasteiger partial charge in [0.05, 0.1) is 0 Å². The molecule has 0 aromatic rings. The van der Waals surface area contributed by atoms with Gasteiger partial charge in [-0.05, 0) is 0 Å². The number of hydrogen-bond donors (Lipinski definition) is 4. The average molecular weight is 220 g/mol. The predicted octanol–water partition coefficient (Wildman–Crippen LogP) is -2.92. The minimum Gasteiger partial charge on any atom is -1.00 e. The smallest absolute Gasteiger partial charge is 1.00 e. The molecule has 4 N–H and O–H groups in total. The minimum absolute atomic E-state index is 0. The van der Waals surface area contributed by atoms with Crippen molar-refractivity contribution >= 4 is 69.8 Å². The maximum absolute atomic E-state index is 7.33. The van der Waals surface area contributed by atoms with E-state index in [4.69, 9.17) is 19.2 Å². The maximum Gasteiger partial charge on any atom is 2.00 e. The molecule has 0 amide bonds. The van der Waals surface area contributed by atoms with E-state index in [9.17, 15) is 0 Å². The molecule has 0 fully saturated rings. The van der Waals surface area contributed by atoms with E-state index in [0.29, 0.717) is 0 Å². The third-order valence-electron chi connectivity index (χ3n) is 0. The van der Waals surface area contributed by atoms with E-state index in [1.54, 1.807) is 0 Å². The standard InChI is InChI=1S/Ca.Fe.Mg.H4O4Si.4H/c;;;1-5(2,3)4;;;;/h;;;1-4H;;;;/q+2;;+2;;4*-1. The van der Waals surface area contributed by atoms with Crippen molar-refractivity contribution in [2.24, 2.45) is 0 Å². The first-order valence-electron chi connectivity index (χ1n) is 0.894. The zero-order chi connectivity index (χ0) is 4.50. The fourth-order valence-electron chi connectivity index (χ4n) is 0. The van der Waals surface area contributed by atoms with Crippen LogP contribution in [0.5, 0.6) is 0 Å². The molecule has 0 aliphatic heterocycles. The second-order valence-electron chi connectivity index (χ2n) is 0.600. The van der Waals surface area contributed by atoms with Crippen molar-refractivity contribution in [2.75, 3.05) is 0 Å². The van der Waals surface area contributed by atoms with Gasteiger partial charge in [-0.3, -0.25) is 0 Å². The molecule has 0 unspecified atom stereocenters. The first-order chi connectivity index (χ1) is 2.00. The second kappa shape index (κ2) is 9.60. The van der Waals surface area contributed by atoms with Crippen molar-refractivity contribution in [2.45, 2.75) is 0 Å². The van der Waals surface area contributed by atoms with Crippen molar-refractivity contribution < 1.29 is 42.0 Å². The van der Waals surface area contributed by atoms with E-state index >= 15 is 0 Å². The zero-order valence-electron chi connectivity index (χ0n) is 8.06. The van der Waals surface area contributed by atoms with Crippen molar-refractivity contribution in [1.82, 2.24) is 0 Å². The molecule has 0 aliphatic rings. The van der Waals surface area contributed by atoms with Gasteiger partial charge >= 0.3 is 69.8 Å². The summed E-state index contributed by atoms with van der Waals surface area (Å²) in [5.74, 6) is 0. The van der Waals surface area contributed by atoms with Crippen molar-refractivity contribution in [1.29, 1.82) is 0 Å². The van der Waals surface area contributed by atoms with E-state index in [2.05, 4.69) is 0 Å². The SMILES string of the molecule is O[Si](O)(O)O.[Ca+2].[Fe].[H-].[H-].[H-].[H-].[Mg+2]. The molecule has 8 heteroatoms. The van der Waals surface area contributed by atoms with E-state index in [1.807, 2.05) is 0 Å². The first-order valence-corrected chi connectivity index (χ1v) is 2.68. The van der Waals surface area contributed by atoms with Crippen LogP contribution >= 0.6 is 0 Å². The molecule has 4 nitrogen and oxygen atoms in total. The van der Waals surface area contributed by atoms with Crippen LogP contribution < -0.4 is 0 Å². The van der Waals surface area contributed by atoms with Crippen molar-refractivity contribution in [3.05, 3.63) is 0 Å². The summed E-state index contributed by atoms with van der Waals surface area (Å²) in [6.07, 6.45) is 0. The van der Waals surface area contributed by atoms with Gasteiger partial charge in [0.25, 0.3) is 0 Å². The third kappa shape index (κ3) is 73.4. The van der Waals surface area contributed by atoms with Crippen LogP contribution in [-0.2, 0) is 17.1 Å². The molecule has 0 spiro atoms. The third-order valence-corrected chi connectivity index (χ3v) is 0. The molecule has 0 heterocycles. The summed E-state index contributed by atoms with van der Waals surface area (Å²) in [4.78, 5) is 29.3. The Hall–Kier alpha value is 2.60. The minimum atomic E-state index is -4.61. The fourth-order valence-corrected chi connectivity index (χ4v) is 0. The average Bonchev–Trinajstić information content (AvgIpc) is 0.722. The predicted molar refractivity (Wildman–Crippen MR) is 30.6 cm³/mol. The molecule has 0 saturated heterocycles. The molecular formula is H8CaFeMgO4Si. The Morgan fingerprint density at radius 2 is 1.00 bits per heavy atom. The Bertz CT molecular complexity index is 42.5. The Kier molecular flexibility index (Phi) is 26.9. The molecule has 0 radical (unpaired) electrons. The normalized spacial score (nSPS) is 7.50. The van der Waals surface area contributed by atoms with Gasteiger partial charge in [-0.1, -0.05) is 0 Å². The maximum atomic E-state index is 7.33. The van der Waals surface area contributed by atoms with Gasteiger partial charge in [-0.15, -0.1) is 0 Å². The van der Waals surface area contributed by atoms with Gasteiger partial charge in [0.2, 0.25) is 0 Å². The summed E-state index contributed by atoms with van der Waals surface area (Å²) in [5.41, 5.74) is 0. The van der Waals surface area contributed by atoms with Gasteiger partial charge in [-0.2, -0.15) is 0 Å². The first kappa shape index (κ1) is 22.4. The van der Waals surface area contributed by atoms with Crippen LogP contribution in [0.15, 0.2) is 0 Å². The molecular weight excluding hydrogens is 212 g/mol. The fraction of sp³-hybridized carbons (Fsp3) is 0. The molecule has 0 aliphatic carbocycles. The summed E-state index contributed by atoms with van der Waals surface area (Å²) in [5, 5.41) is 0. The molecule has 0 bridgehead atoms. The molecule has 0 aromatic carbocycles. The number of rotatable bonds is 0. The van der Waals surface area contributed by atoms with Crippen molar-refractivity contribution in [3.8, 4) is 0 Å². The largest absolute Gasteiger partial charge is 2.00 e. The summed E-state index contributed by atoms with van der Waals surface area (Å²) < 4.78 is 0. The van der Waals surface area contributed by atoms with Crippen LogP contribution in [0, 0.1) is 0 Å². The summed E-state index contributed by atoms with van der Waals surface area (Å²) >= 11 is 0. The van der Waals surface area contributed by atoms with Gasteiger partial charge in [-0.25, -0.2) is 0 Å². The molecule has 0 saturated carbocycles. The Morgan fingerprint density at radius 1 is 1.00 bits per heavy atom. The van der Waals surface area contributed by atoms with Crippen LogP contribution in [0.25, 0.3) is 0 Å². The van der Waals surface area contributed by atoms with E-state index < -0.39 is 9.05 Å². The van der Waals surface area contributed by atoms with Crippen LogP contribution in [0.1, 0.15) is 5.71 Å². The second-order valence-corrected chi connectivity index (χ2v) is 1.80. The topological polar surface area (TPSA) is 80.9 Å². The van der Waals surface area contributed by atoms with Crippen LogP contribution in [0.4, 0.5) is 0 Å². The molecule has 0 atom stereocenters. The van der Waals surface area contributed by atoms with E-state index in [0.717, 1.165) is 0 Å². The van der Waals surface area contributed by atoms with Gasteiger partial charge < -0.3 is 24.9 Å². The molecule has 48 valence electrons. The van der Waals surface area contributed by atoms with Crippen molar-refractivity contribution in [3.63, 3.8) is 0 Å². The monoisotopic (exact) mass is 220 g/mol. The van der Waals surface area contributed by atoms with Crippen LogP contribution in [0.2, 0.25) is 0 Å². The summed E-state index contributed by atoms with van der Waals surface area (Å²) in [6, 6.07) is 0. The summed E-state index contributed by atoms with van der Waals surface area (Å²) in [6.45, 7) is 0. The Balaban J connectivity index is -0.00000000381. The summed E-state index contributed by atoms with van der Waals surface area (Å²) in [7, 11) is -4.61. The quantitative estimate of drug-likeness (QED) is 0.330. The molecule has 0 rings (SSSR count). The van der Waals surface area contributed by atoms with E-state index in [-0.39, 0.29) is 83.6 Å². The number of hydrogen-bond acceptors (Lipinski definition) is 4. The van der Waals surface area contributed by atoms with Gasteiger partial charge in [0.15, 0.2) is 0 Å². The molecule has 0 aromatic heterocycles. The Morgan fingerprint density at radius 3 is 1.00 bits per heavy atom. The molecule has 8 heavy (non-hydrogen) atoms. The van der Waals surface area contributed by atoms with Crippen LogP contribution in [0.3, 0.4) is 0 Å². The zero-order valence-corrected chi connectivity index (χ0v) is 9.78. The van der Waals surface area contributed by atoms with E-state index in [1.165, 1.54) is 0 Å². The van der Waals surface area contributed by atoms with Crippen LogP contribution in [-0.4, -0.2) is 89.0 Å². The Labute approximate surface area is 110 Å². The van der Waals surface area contributed by atoms with Gasteiger partial charge in [0, 0.05) is 17.1 Å².